The Morgan fingerprint density at radius 1 is 1.45 bits per heavy atom. The number of nitrogens with zero attached hydrogens (tertiary/aromatic N) is 1. The minimum absolute atomic E-state index is 0.0744. The number of anilines is 1. The first-order valence-corrected chi connectivity index (χ1v) is 6.68. The lowest BCUT2D eigenvalue weighted by Gasteiger charge is -2.19. The lowest BCUT2D eigenvalue weighted by atomic mass is 10.1. The second-order valence-electron chi connectivity index (χ2n) is 5.51. The number of nitrogens with two attached hydrogens (primary N) is 1. The topological polar surface area (TPSA) is 107 Å². The average molecular weight is 305 g/mol. The van der Waals surface area contributed by atoms with Crippen LogP contribution < -0.4 is 11.1 Å². The van der Waals surface area contributed by atoms with Crippen molar-refractivity contribution < 1.29 is 14.5 Å². The van der Waals surface area contributed by atoms with Gasteiger partial charge in [-0.2, -0.15) is 0 Å². The zero-order valence-electron chi connectivity index (χ0n) is 12.8. The summed E-state index contributed by atoms with van der Waals surface area (Å²) in [6.45, 7) is 5.69. The largest absolute Gasteiger partial charge is 0.444 e. The van der Waals surface area contributed by atoms with Crippen LogP contribution in [-0.2, 0) is 4.74 Å². The van der Waals surface area contributed by atoms with Crippen LogP contribution in [0.2, 0.25) is 0 Å². The molecule has 0 spiro atoms. The van der Waals surface area contributed by atoms with Gasteiger partial charge in [0.2, 0.25) is 0 Å². The highest BCUT2D eigenvalue weighted by atomic mass is 16.6. The fourth-order valence-corrected chi connectivity index (χ4v) is 1.48. The molecule has 118 valence electrons. The molecule has 0 saturated heterocycles. The highest BCUT2D eigenvalue weighted by Crippen LogP contribution is 2.18. The molecule has 0 bridgehead atoms. The first kappa shape index (κ1) is 17.3. The molecule has 7 heteroatoms. The Labute approximate surface area is 129 Å². The first-order valence-electron chi connectivity index (χ1n) is 6.68. The van der Waals surface area contributed by atoms with Gasteiger partial charge < -0.3 is 15.8 Å². The predicted octanol–water partition coefficient (Wildman–Crippen LogP) is 2.44. The smallest absolute Gasteiger partial charge is 0.407 e. The Bertz CT molecular complexity index is 624. The SMILES string of the molecule is CC(C)(C)OC(=O)NCCC#Cc1ccc([N+](=O)[O-])cc1N. The van der Waals surface area contributed by atoms with Gasteiger partial charge in [0.15, 0.2) is 0 Å². The van der Waals surface area contributed by atoms with E-state index in [2.05, 4.69) is 17.2 Å². The van der Waals surface area contributed by atoms with Crippen molar-refractivity contribution in [3.8, 4) is 11.8 Å². The first-order chi connectivity index (χ1) is 10.2. The number of benzene rings is 1. The summed E-state index contributed by atoms with van der Waals surface area (Å²) in [4.78, 5) is 21.5. The van der Waals surface area contributed by atoms with E-state index in [9.17, 15) is 14.9 Å². The van der Waals surface area contributed by atoms with Crippen molar-refractivity contribution >= 4 is 17.5 Å². The number of nitrogens with one attached hydrogen (secondary N) is 1. The second kappa shape index (κ2) is 7.31. The van der Waals surface area contributed by atoms with E-state index < -0.39 is 16.6 Å². The molecule has 22 heavy (non-hydrogen) atoms. The number of amides is 1. The molecule has 3 N–H and O–H groups in total. The maximum Gasteiger partial charge on any atom is 0.407 e. The number of rotatable bonds is 3. The number of carbonyl (C=O) groups excluding carboxylic acids is 1. The van der Waals surface area contributed by atoms with Gasteiger partial charge in [-0.3, -0.25) is 10.1 Å². The molecule has 1 aromatic rings. The zero-order chi connectivity index (χ0) is 16.8. The number of hydrogen-bond donors (Lipinski definition) is 2. The lowest BCUT2D eigenvalue weighted by molar-refractivity contribution is -0.384. The number of nitrogen functional groups attached to an aromatic ring is 1. The molecule has 0 unspecified atom stereocenters. The molecule has 0 aliphatic carbocycles. The number of nitro benzene ring substituents is 1. The number of carbonyl (C=O) groups is 1. The lowest BCUT2D eigenvalue weighted by Crippen LogP contribution is -2.32. The number of alkyl carbamates (subject to hydrolysis) is 1. The fraction of sp³-hybridized carbons (Fsp3) is 0.400. The summed E-state index contributed by atoms with van der Waals surface area (Å²) in [6, 6.07) is 4.12. The third-order valence-electron chi connectivity index (χ3n) is 2.39. The highest BCUT2D eigenvalue weighted by molar-refractivity contribution is 5.67. The summed E-state index contributed by atoms with van der Waals surface area (Å²) in [5.41, 5.74) is 5.85. The van der Waals surface area contributed by atoms with Crippen molar-refractivity contribution in [2.24, 2.45) is 0 Å². The van der Waals surface area contributed by atoms with E-state index in [1.54, 1.807) is 20.8 Å². The van der Waals surface area contributed by atoms with Gasteiger partial charge in [0, 0.05) is 30.7 Å². The number of nitro groups is 1. The highest BCUT2D eigenvalue weighted by Gasteiger charge is 2.15. The summed E-state index contributed by atoms with van der Waals surface area (Å²) in [5, 5.41) is 13.2. The van der Waals surface area contributed by atoms with E-state index in [-0.39, 0.29) is 11.4 Å². The Morgan fingerprint density at radius 2 is 2.14 bits per heavy atom. The van der Waals surface area contributed by atoms with Gasteiger partial charge >= 0.3 is 6.09 Å². The van der Waals surface area contributed by atoms with Crippen LogP contribution in [0.15, 0.2) is 18.2 Å². The van der Waals surface area contributed by atoms with Crippen molar-refractivity contribution in [1.82, 2.24) is 5.32 Å². The van der Waals surface area contributed by atoms with Crippen LogP contribution in [0.1, 0.15) is 32.8 Å². The van der Waals surface area contributed by atoms with E-state index in [0.717, 1.165) is 0 Å². The van der Waals surface area contributed by atoms with Crippen LogP contribution in [0, 0.1) is 22.0 Å². The number of hydrogen-bond acceptors (Lipinski definition) is 5. The fourth-order valence-electron chi connectivity index (χ4n) is 1.48. The summed E-state index contributed by atoms with van der Waals surface area (Å²) in [7, 11) is 0. The summed E-state index contributed by atoms with van der Waals surface area (Å²) in [6.07, 6.45) is -0.0838. The van der Waals surface area contributed by atoms with Crippen LogP contribution in [-0.4, -0.2) is 23.2 Å². The van der Waals surface area contributed by atoms with Gasteiger partial charge in [-0.15, -0.1) is 0 Å². The third-order valence-corrected chi connectivity index (χ3v) is 2.39. The van der Waals surface area contributed by atoms with E-state index in [1.165, 1.54) is 18.2 Å². The summed E-state index contributed by atoms with van der Waals surface area (Å²) in [5.74, 6) is 5.65. The van der Waals surface area contributed by atoms with Gasteiger partial charge in [-0.05, 0) is 26.8 Å². The van der Waals surface area contributed by atoms with Gasteiger partial charge in [0.1, 0.15) is 5.60 Å². The average Bonchev–Trinajstić information content (AvgIpc) is 2.37. The third kappa shape index (κ3) is 6.13. The zero-order valence-corrected chi connectivity index (χ0v) is 12.8. The van der Waals surface area contributed by atoms with E-state index in [0.29, 0.717) is 18.5 Å². The molecular formula is C15H19N3O4. The molecule has 0 fully saturated rings. The molecule has 0 heterocycles. The maximum absolute atomic E-state index is 11.4. The van der Waals surface area contributed by atoms with Crippen LogP contribution in [0.5, 0.6) is 0 Å². The van der Waals surface area contributed by atoms with Crippen LogP contribution in [0.3, 0.4) is 0 Å². The monoisotopic (exact) mass is 305 g/mol. The standard InChI is InChI=1S/C15H19N3O4/c1-15(2,3)22-14(19)17-9-5-4-6-11-7-8-12(18(20)21)10-13(11)16/h7-8,10H,5,9,16H2,1-3H3,(H,17,19). The Kier molecular flexibility index (Phi) is 5.75. The molecule has 7 nitrogen and oxygen atoms in total. The van der Waals surface area contributed by atoms with Crippen molar-refractivity contribution in [3.05, 3.63) is 33.9 Å². The van der Waals surface area contributed by atoms with Gasteiger partial charge in [-0.25, -0.2) is 4.79 Å². The van der Waals surface area contributed by atoms with Crippen molar-refractivity contribution in [2.45, 2.75) is 32.8 Å². The van der Waals surface area contributed by atoms with E-state index in [4.69, 9.17) is 10.5 Å². The molecule has 1 aromatic carbocycles. The van der Waals surface area contributed by atoms with E-state index in [1.807, 2.05) is 0 Å². The predicted molar refractivity (Wildman–Crippen MR) is 83.2 cm³/mol. The van der Waals surface area contributed by atoms with Crippen LogP contribution >= 0.6 is 0 Å². The molecule has 0 radical (unpaired) electrons. The summed E-state index contributed by atoms with van der Waals surface area (Å²) < 4.78 is 5.08. The number of ether oxygens (including phenoxy) is 1. The minimum Gasteiger partial charge on any atom is -0.444 e. The number of non-ortho nitro benzene ring substituents is 1. The van der Waals surface area contributed by atoms with Crippen LogP contribution in [0.25, 0.3) is 0 Å². The normalized spacial score (nSPS) is 10.3. The van der Waals surface area contributed by atoms with Crippen LogP contribution in [0.4, 0.5) is 16.2 Å². The van der Waals surface area contributed by atoms with Crippen molar-refractivity contribution in [2.75, 3.05) is 12.3 Å². The van der Waals surface area contributed by atoms with Crippen molar-refractivity contribution in [3.63, 3.8) is 0 Å². The molecule has 0 atom stereocenters. The quantitative estimate of drug-likeness (QED) is 0.293. The second-order valence-corrected chi connectivity index (χ2v) is 5.51. The minimum atomic E-state index is -0.539. The Hall–Kier alpha value is -2.75. The molecule has 0 aliphatic heterocycles. The van der Waals surface area contributed by atoms with Crippen molar-refractivity contribution in [1.29, 1.82) is 0 Å². The molecular weight excluding hydrogens is 286 g/mol. The van der Waals surface area contributed by atoms with Gasteiger partial charge in [0.05, 0.1) is 10.6 Å². The van der Waals surface area contributed by atoms with E-state index >= 15 is 0 Å². The Balaban J connectivity index is 2.48. The summed E-state index contributed by atoms with van der Waals surface area (Å²) >= 11 is 0. The van der Waals surface area contributed by atoms with Gasteiger partial charge in [-0.1, -0.05) is 11.8 Å². The maximum atomic E-state index is 11.4. The molecule has 1 rings (SSSR count). The molecule has 0 aromatic heterocycles. The molecule has 0 aliphatic rings. The molecule has 1 amide bonds. The molecule has 0 saturated carbocycles. The van der Waals surface area contributed by atoms with Gasteiger partial charge in [0.25, 0.3) is 5.69 Å². The Morgan fingerprint density at radius 3 is 2.68 bits per heavy atom.